The van der Waals surface area contributed by atoms with Crippen molar-refractivity contribution in [3.63, 3.8) is 0 Å². The van der Waals surface area contributed by atoms with Gasteiger partial charge in [0.25, 0.3) is 0 Å². The van der Waals surface area contributed by atoms with E-state index in [4.69, 9.17) is 15.2 Å². The Morgan fingerprint density at radius 2 is 2.24 bits per heavy atom. The summed E-state index contributed by atoms with van der Waals surface area (Å²) in [6, 6.07) is 4.89. The summed E-state index contributed by atoms with van der Waals surface area (Å²) in [5.74, 6) is 0.934. The average Bonchev–Trinajstić information content (AvgIpc) is 2.85. The summed E-state index contributed by atoms with van der Waals surface area (Å²) >= 11 is 0. The molecule has 0 aliphatic heterocycles. The summed E-state index contributed by atoms with van der Waals surface area (Å²) < 4.78 is 12.6. The number of carbonyl (C=O) groups excluding carboxylic acids is 1. The number of nitrogen functional groups attached to an aromatic ring is 1. The summed E-state index contributed by atoms with van der Waals surface area (Å²) in [5, 5.41) is 0. The minimum absolute atomic E-state index is 0.315. The van der Waals surface area contributed by atoms with E-state index in [0.29, 0.717) is 36.6 Å². The summed E-state index contributed by atoms with van der Waals surface area (Å²) in [6.07, 6.45) is 4.25. The van der Waals surface area contributed by atoms with Gasteiger partial charge in [-0.1, -0.05) is 0 Å². The number of anilines is 1. The Bertz CT molecular complexity index is 622. The van der Waals surface area contributed by atoms with Gasteiger partial charge in [-0.05, 0) is 19.1 Å². The lowest BCUT2D eigenvalue weighted by Gasteiger charge is -2.11. The molecule has 21 heavy (non-hydrogen) atoms. The zero-order valence-electron chi connectivity index (χ0n) is 12.2. The molecule has 1 aromatic heterocycles. The lowest BCUT2D eigenvalue weighted by molar-refractivity contribution is 0.0522. The van der Waals surface area contributed by atoms with Gasteiger partial charge in [0.2, 0.25) is 0 Å². The molecule has 6 nitrogen and oxygen atoms in total. The number of benzene rings is 1. The number of carbonyl (C=O) groups is 1. The van der Waals surface area contributed by atoms with E-state index in [2.05, 4.69) is 4.98 Å². The number of aromatic nitrogens is 2. The molecule has 0 aliphatic rings. The van der Waals surface area contributed by atoms with E-state index in [1.165, 1.54) is 0 Å². The van der Waals surface area contributed by atoms with Gasteiger partial charge in [0, 0.05) is 37.6 Å². The Morgan fingerprint density at radius 1 is 1.43 bits per heavy atom. The molecule has 112 valence electrons. The zero-order chi connectivity index (χ0) is 15.2. The van der Waals surface area contributed by atoms with Crippen LogP contribution in [0.5, 0.6) is 5.75 Å². The van der Waals surface area contributed by atoms with Crippen LogP contribution in [0, 0.1) is 0 Å². The first kappa shape index (κ1) is 14.9. The van der Waals surface area contributed by atoms with Crippen LogP contribution >= 0.6 is 0 Å². The SMILES string of the molecule is CCOC(=O)c1ccc(N)cc1OCCc1nccn1C. The third-order valence-corrected chi connectivity index (χ3v) is 3.01. The third-order valence-electron chi connectivity index (χ3n) is 3.01. The van der Waals surface area contributed by atoms with Gasteiger partial charge in [-0.25, -0.2) is 9.78 Å². The Labute approximate surface area is 123 Å². The molecule has 0 aliphatic carbocycles. The molecule has 0 unspecified atom stereocenters. The van der Waals surface area contributed by atoms with Crippen LogP contribution in [0.3, 0.4) is 0 Å². The van der Waals surface area contributed by atoms with E-state index in [-0.39, 0.29) is 0 Å². The summed E-state index contributed by atoms with van der Waals surface area (Å²) in [6.45, 7) is 2.48. The molecule has 6 heteroatoms. The molecule has 0 bridgehead atoms. The van der Waals surface area contributed by atoms with Crippen LogP contribution in [0.4, 0.5) is 5.69 Å². The second kappa shape index (κ2) is 6.78. The van der Waals surface area contributed by atoms with Crippen molar-refractivity contribution in [1.29, 1.82) is 0 Å². The maximum Gasteiger partial charge on any atom is 0.341 e. The molecule has 0 saturated heterocycles. The quantitative estimate of drug-likeness (QED) is 0.648. The number of hydrogen-bond donors (Lipinski definition) is 1. The van der Waals surface area contributed by atoms with Crippen molar-refractivity contribution < 1.29 is 14.3 Å². The smallest absolute Gasteiger partial charge is 0.341 e. The molecule has 1 aromatic carbocycles. The first-order valence-corrected chi connectivity index (χ1v) is 6.77. The van der Waals surface area contributed by atoms with Crippen LogP contribution in [0.2, 0.25) is 0 Å². The highest BCUT2D eigenvalue weighted by Crippen LogP contribution is 2.23. The predicted octanol–water partition coefficient (Wildman–Crippen LogP) is 1.80. The lowest BCUT2D eigenvalue weighted by Crippen LogP contribution is -2.11. The largest absolute Gasteiger partial charge is 0.492 e. The van der Waals surface area contributed by atoms with Gasteiger partial charge in [-0.2, -0.15) is 0 Å². The molecular weight excluding hydrogens is 270 g/mol. The normalized spacial score (nSPS) is 10.4. The molecular formula is C15H19N3O3. The fourth-order valence-electron chi connectivity index (χ4n) is 1.93. The van der Waals surface area contributed by atoms with Crippen LogP contribution in [0.25, 0.3) is 0 Å². The van der Waals surface area contributed by atoms with Gasteiger partial charge in [0.1, 0.15) is 17.1 Å². The van der Waals surface area contributed by atoms with Crippen molar-refractivity contribution in [3.05, 3.63) is 42.0 Å². The van der Waals surface area contributed by atoms with E-state index in [1.54, 1.807) is 31.3 Å². The molecule has 2 N–H and O–H groups in total. The number of aryl methyl sites for hydroxylation is 1. The van der Waals surface area contributed by atoms with Crippen molar-refractivity contribution >= 4 is 11.7 Å². The molecule has 1 heterocycles. The number of ether oxygens (including phenoxy) is 2. The van der Waals surface area contributed by atoms with Crippen LogP contribution in [0.1, 0.15) is 23.1 Å². The summed E-state index contributed by atoms with van der Waals surface area (Å²) in [4.78, 5) is 16.1. The Morgan fingerprint density at radius 3 is 2.90 bits per heavy atom. The van der Waals surface area contributed by atoms with Crippen LogP contribution in [0.15, 0.2) is 30.6 Å². The number of rotatable bonds is 6. The number of nitrogens with two attached hydrogens (primary N) is 1. The van der Waals surface area contributed by atoms with Gasteiger partial charge in [0.05, 0.1) is 13.2 Å². The van der Waals surface area contributed by atoms with Crippen molar-refractivity contribution in [3.8, 4) is 5.75 Å². The third kappa shape index (κ3) is 3.75. The number of hydrogen-bond acceptors (Lipinski definition) is 5. The fourth-order valence-corrected chi connectivity index (χ4v) is 1.93. The monoisotopic (exact) mass is 289 g/mol. The van der Waals surface area contributed by atoms with Gasteiger partial charge >= 0.3 is 5.97 Å². The lowest BCUT2D eigenvalue weighted by atomic mass is 10.2. The average molecular weight is 289 g/mol. The molecule has 0 saturated carbocycles. The summed E-state index contributed by atoms with van der Waals surface area (Å²) in [5.41, 5.74) is 6.66. The molecule has 0 fully saturated rings. The Balaban J connectivity index is 2.06. The van der Waals surface area contributed by atoms with E-state index in [1.807, 2.05) is 17.8 Å². The Kier molecular flexibility index (Phi) is 4.81. The van der Waals surface area contributed by atoms with Gasteiger partial charge in [-0.3, -0.25) is 0 Å². The first-order chi connectivity index (χ1) is 10.1. The first-order valence-electron chi connectivity index (χ1n) is 6.77. The maximum absolute atomic E-state index is 11.9. The highest BCUT2D eigenvalue weighted by atomic mass is 16.5. The molecule has 2 rings (SSSR count). The highest BCUT2D eigenvalue weighted by Gasteiger charge is 2.14. The van der Waals surface area contributed by atoms with Crippen LogP contribution < -0.4 is 10.5 Å². The summed E-state index contributed by atoms with van der Waals surface area (Å²) in [7, 11) is 1.92. The second-order valence-electron chi connectivity index (χ2n) is 4.53. The van der Waals surface area contributed by atoms with Crippen LogP contribution in [-0.4, -0.2) is 28.7 Å². The second-order valence-corrected chi connectivity index (χ2v) is 4.53. The molecule has 0 radical (unpaired) electrons. The van der Waals surface area contributed by atoms with E-state index < -0.39 is 5.97 Å². The standard InChI is InChI=1S/C15H19N3O3/c1-3-20-15(19)12-5-4-11(16)10-13(12)21-9-6-14-17-7-8-18(14)2/h4-5,7-8,10H,3,6,9,16H2,1-2H3. The fraction of sp³-hybridized carbons (Fsp3) is 0.333. The van der Waals surface area contributed by atoms with Crippen LogP contribution in [-0.2, 0) is 18.2 Å². The minimum Gasteiger partial charge on any atom is -0.492 e. The highest BCUT2D eigenvalue weighted by molar-refractivity contribution is 5.93. The predicted molar refractivity (Wildman–Crippen MR) is 79.2 cm³/mol. The maximum atomic E-state index is 11.9. The van der Waals surface area contributed by atoms with Crippen molar-refractivity contribution in [1.82, 2.24) is 9.55 Å². The van der Waals surface area contributed by atoms with E-state index in [9.17, 15) is 4.79 Å². The Hall–Kier alpha value is -2.50. The molecule has 0 spiro atoms. The number of nitrogens with zero attached hydrogens (tertiary/aromatic N) is 2. The van der Waals surface area contributed by atoms with Gasteiger partial charge in [0.15, 0.2) is 0 Å². The molecule has 2 aromatic rings. The van der Waals surface area contributed by atoms with E-state index >= 15 is 0 Å². The van der Waals surface area contributed by atoms with E-state index in [0.717, 1.165) is 5.82 Å². The van der Waals surface area contributed by atoms with Gasteiger partial charge < -0.3 is 19.8 Å². The topological polar surface area (TPSA) is 79.4 Å². The zero-order valence-corrected chi connectivity index (χ0v) is 12.2. The van der Waals surface area contributed by atoms with Crippen molar-refractivity contribution in [2.24, 2.45) is 7.05 Å². The van der Waals surface area contributed by atoms with Crippen molar-refractivity contribution in [2.45, 2.75) is 13.3 Å². The van der Waals surface area contributed by atoms with Gasteiger partial charge in [-0.15, -0.1) is 0 Å². The minimum atomic E-state index is -0.413. The van der Waals surface area contributed by atoms with Crippen molar-refractivity contribution in [2.75, 3.05) is 18.9 Å². The number of imidazole rings is 1. The number of esters is 1. The molecule has 0 atom stereocenters. The molecule has 0 amide bonds.